The van der Waals surface area contributed by atoms with Crippen LogP contribution in [0.3, 0.4) is 0 Å². The third-order valence-electron chi connectivity index (χ3n) is 2.63. The normalized spacial score (nSPS) is 12.3. The van der Waals surface area contributed by atoms with Gasteiger partial charge in [-0.3, -0.25) is 0 Å². The summed E-state index contributed by atoms with van der Waals surface area (Å²) in [6, 6.07) is 1.80. The lowest BCUT2D eigenvalue weighted by atomic mass is 10.2. The fourth-order valence-electron chi connectivity index (χ4n) is 1.58. The molecule has 1 aromatic carbocycles. The predicted molar refractivity (Wildman–Crippen MR) is 67.4 cm³/mol. The molecule has 0 aliphatic carbocycles. The maximum atomic E-state index is 13.8. The molecule has 20 heavy (non-hydrogen) atoms. The molecule has 1 aromatic rings. The third-order valence-corrected chi connectivity index (χ3v) is 4.51. The highest BCUT2D eigenvalue weighted by molar-refractivity contribution is 7.89. The Balaban J connectivity index is 3.29. The molecule has 0 aliphatic heterocycles. The standard InChI is InChI=1S/C11H15F3N2O3S/c1-7-4-8(12)10(5-9(7)15)20(18,19)16(2-3-17)6-11(13)14/h4-5,11,17H,2-3,6,15H2,1H3. The van der Waals surface area contributed by atoms with E-state index in [-0.39, 0.29) is 5.69 Å². The summed E-state index contributed by atoms with van der Waals surface area (Å²) >= 11 is 0. The lowest BCUT2D eigenvalue weighted by Gasteiger charge is -2.21. The molecular formula is C11H15F3N2O3S. The zero-order valence-electron chi connectivity index (χ0n) is 10.7. The first-order valence-corrected chi connectivity index (χ1v) is 7.09. The maximum absolute atomic E-state index is 13.8. The number of nitrogens with zero attached hydrogens (tertiary/aromatic N) is 1. The van der Waals surface area contributed by atoms with Crippen molar-refractivity contribution in [3.05, 3.63) is 23.5 Å². The number of rotatable bonds is 6. The molecule has 5 nitrogen and oxygen atoms in total. The molecule has 0 saturated heterocycles. The zero-order chi connectivity index (χ0) is 15.5. The molecule has 0 unspecified atom stereocenters. The summed E-state index contributed by atoms with van der Waals surface area (Å²) in [4.78, 5) is -0.783. The van der Waals surface area contributed by atoms with Gasteiger partial charge in [-0.1, -0.05) is 0 Å². The Bertz CT molecular complexity index is 579. The Morgan fingerprint density at radius 1 is 1.40 bits per heavy atom. The topological polar surface area (TPSA) is 83.6 Å². The van der Waals surface area contributed by atoms with Gasteiger partial charge in [-0.15, -0.1) is 0 Å². The predicted octanol–water partition coefficient (Wildman–Crippen LogP) is 0.964. The van der Waals surface area contributed by atoms with E-state index in [1.54, 1.807) is 0 Å². The Labute approximate surface area is 114 Å². The van der Waals surface area contributed by atoms with Crippen molar-refractivity contribution >= 4 is 15.7 Å². The molecule has 0 amide bonds. The molecule has 3 N–H and O–H groups in total. The van der Waals surface area contributed by atoms with E-state index in [0.717, 1.165) is 12.1 Å². The second-order valence-electron chi connectivity index (χ2n) is 4.12. The first-order valence-electron chi connectivity index (χ1n) is 5.65. The van der Waals surface area contributed by atoms with Crippen molar-refractivity contribution in [2.75, 3.05) is 25.4 Å². The van der Waals surface area contributed by atoms with E-state index in [2.05, 4.69) is 0 Å². The summed E-state index contributed by atoms with van der Waals surface area (Å²) in [6.07, 6.45) is -2.94. The van der Waals surface area contributed by atoms with Gasteiger partial charge in [0.15, 0.2) is 0 Å². The highest BCUT2D eigenvalue weighted by Crippen LogP contribution is 2.24. The fraction of sp³-hybridized carbons (Fsp3) is 0.455. The number of aryl methyl sites for hydroxylation is 1. The van der Waals surface area contributed by atoms with E-state index in [0.29, 0.717) is 9.87 Å². The van der Waals surface area contributed by atoms with Crippen molar-refractivity contribution < 1.29 is 26.7 Å². The van der Waals surface area contributed by atoms with Gasteiger partial charge in [-0.25, -0.2) is 21.6 Å². The van der Waals surface area contributed by atoms with Gasteiger partial charge in [0.1, 0.15) is 10.7 Å². The molecule has 0 spiro atoms. The summed E-state index contributed by atoms with van der Waals surface area (Å²) in [5.41, 5.74) is 5.88. The molecule has 0 atom stereocenters. The number of aliphatic hydroxyl groups is 1. The average Bonchev–Trinajstić information content (AvgIpc) is 2.32. The number of aliphatic hydroxyl groups excluding tert-OH is 1. The number of anilines is 1. The summed E-state index contributed by atoms with van der Waals surface area (Å²) in [5, 5.41) is 8.76. The lowest BCUT2D eigenvalue weighted by Crippen LogP contribution is -2.37. The Morgan fingerprint density at radius 3 is 2.50 bits per heavy atom. The molecule has 9 heteroatoms. The third kappa shape index (κ3) is 3.62. The van der Waals surface area contributed by atoms with Crippen LogP contribution in [-0.4, -0.2) is 44.0 Å². The highest BCUT2D eigenvalue weighted by atomic mass is 32.2. The van der Waals surface area contributed by atoms with Gasteiger partial charge >= 0.3 is 0 Å². The number of nitrogens with two attached hydrogens (primary N) is 1. The molecule has 0 bridgehead atoms. The molecule has 0 saturated carbocycles. The van der Waals surface area contributed by atoms with E-state index in [9.17, 15) is 21.6 Å². The van der Waals surface area contributed by atoms with E-state index in [1.165, 1.54) is 6.92 Å². The Kier molecular flexibility index (Phi) is 5.37. The van der Waals surface area contributed by atoms with Crippen LogP contribution >= 0.6 is 0 Å². The minimum absolute atomic E-state index is 0.0333. The number of halogens is 3. The van der Waals surface area contributed by atoms with Crippen LogP contribution < -0.4 is 5.73 Å². The van der Waals surface area contributed by atoms with E-state index in [1.807, 2.05) is 0 Å². The van der Waals surface area contributed by atoms with E-state index < -0.39 is 46.9 Å². The van der Waals surface area contributed by atoms with Gasteiger partial charge < -0.3 is 10.8 Å². The van der Waals surface area contributed by atoms with Crippen molar-refractivity contribution in [2.24, 2.45) is 0 Å². The Hall–Kier alpha value is -1.32. The maximum Gasteiger partial charge on any atom is 0.252 e. The van der Waals surface area contributed by atoms with Crippen LogP contribution in [0.5, 0.6) is 0 Å². The Morgan fingerprint density at radius 2 is 2.00 bits per heavy atom. The minimum atomic E-state index is -4.49. The second-order valence-corrected chi connectivity index (χ2v) is 6.02. The minimum Gasteiger partial charge on any atom is -0.398 e. The molecular weight excluding hydrogens is 297 g/mol. The van der Waals surface area contributed by atoms with Crippen molar-refractivity contribution in [2.45, 2.75) is 18.2 Å². The highest BCUT2D eigenvalue weighted by Gasteiger charge is 2.29. The van der Waals surface area contributed by atoms with Crippen molar-refractivity contribution in [3.63, 3.8) is 0 Å². The summed E-state index contributed by atoms with van der Waals surface area (Å²) < 4.78 is 63.1. The number of sulfonamides is 1. The van der Waals surface area contributed by atoms with Crippen LogP contribution in [0.4, 0.5) is 18.9 Å². The second kappa shape index (κ2) is 6.42. The molecule has 0 radical (unpaired) electrons. The average molecular weight is 312 g/mol. The number of hydrogen-bond acceptors (Lipinski definition) is 4. The van der Waals surface area contributed by atoms with Gasteiger partial charge in [-0.2, -0.15) is 4.31 Å². The fourth-order valence-corrected chi connectivity index (χ4v) is 3.07. The van der Waals surface area contributed by atoms with Crippen LogP contribution in [-0.2, 0) is 10.0 Å². The lowest BCUT2D eigenvalue weighted by molar-refractivity contribution is 0.113. The summed E-state index contributed by atoms with van der Waals surface area (Å²) in [7, 11) is -4.49. The zero-order valence-corrected chi connectivity index (χ0v) is 11.5. The van der Waals surface area contributed by atoms with E-state index in [4.69, 9.17) is 10.8 Å². The monoisotopic (exact) mass is 312 g/mol. The van der Waals surface area contributed by atoms with Gasteiger partial charge in [0, 0.05) is 12.2 Å². The van der Waals surface area contributed by atoms with E-state index >= 15 is 0 Å². The first kappa shape index (κ1) is 16.7. The van der Waals surface area contributed by atoms with Crippen LogP contribution in [0.15, 0.2) is 17.0 Å². The van der Waals surface area contributed by atoms with Gasteiger partial charge in [0.05, 0.1) is 13.2 Å². The molecule has 114 valence electrons. The number of nitrogen functional groups attached to an aromatic ring is 1. The summed E-state index contributed by atoms with van der Waals surface area (Å²) in [6.45, 7) is -0.857. The summed E-state index contributed by atoms with van der Waals surface area (Å²) in [5.74, 6) is -1.08. The smallest absolute Gasteiger partial charge is 0.252 e. The molecule has 1 rings (SSSR count). The van der Waals surface area contributed by atoms with Crippen LogP contribution in [0.2, 0.25) is 0 Å². The van der Waals surface area contributed by atoms with Crippen LogP contribution in [0.25, 0.3) is 0 Å². The molecule has 0 aromatic heterocycles. The van der Waals surface area contributed by atoms with Crippen LogP contribution in [0.1, 0.15) is 5.56 Å². The number of alkyl halides is 2. The van der Waals surface area contributed by atoms with Gasteiger partial charge in [0.25, 0.3) is 6.43 Å². The quantitative estimate of drug-likeness (QED) is 0.767. The van der Waals surface area contributed by atoms with Crippen LogP contribution in [0, 0.1) is 12.7 Å². The van der Waals surface area contributed by atoms with Gasteiger partial charge in [0.2, 0.25) is 10.0 Å². The van der Waals surface area contributed by atoms with Gasteiger partial charge in [-0.05, 0) is 24.6 Å². The SMILES string of the molecule is Cc1cc(F)c(S(=O)(=O)N(CCO)CC(F)F)cc1N. The number of hydrogen-bond donors (Lipinski definition) is 2. The largest absolute Gasteiger partial charge is 0.398 e. The first-order chi connectivity index (χ1) is 9.20. The van der Waals surface area contributed by atoms with Crippen molar-refractivity contribution in [3.8, 4) is 0 Å². The molecule has 0 fully saturated rings. The van der Waals surface area contributed by atoms with Crippen molar-refractivity contribution in [1.82, 2.24) is 4.31 Å². The van der Waals surface area contributed by atoms with Crippen molar-refractivity contribution in [1.29, 1.82) is 0 Å². The molecule has 0 heterocycles. The number of benzene rings is 1. The molecule has 0 aliphatic rings.